The van der Waals surface area contributed by atoms with Gasteiger partial charge >= 0.3 is 0 Å². The molecular weight excluding hydrogens is 242 g/mol. The number of H-pyrrole nitrogens is 1. The Bertz CT molecular complexity index is 537. The van der Waals surface area contributed by atoms with Gasteiger partial charge in [0.15, 0.2) is 5.65 Å². The van der Waals surface area contributed by atoms with E-state index in [4.69, 9.17) is 10.5 Å². The first-order valence-corrected chi connectivity index (χ1v) is 6.40. The molecule has 0 amide bonds. The zero-order chi connectivity index (χ0) is 13.8. The molecule has 0 radical (unpaired) electrons. The molecule has 2 rings (SSSR count). The van der Waals surface area contributed by atoms with Crippen LogP contribution in [0.25, 0.3) is 11.2 Å². The molecule has 19 heavy (non-hydrogen) atoms. The first-order valence-electron chi connectivity index (χ1n) is 6.40. The average Bonchev–Trinajstić information content (AvgIpc) is 2.81. The number of pyridine rings is 1. The average molecular weight is 263 g/mol. The van der Waals surface area contributed by atoms with Gasteiger partial charge in [-0.2, -0.15) is 0 Å². The van der Waals surface area contributed by atoms with E-state index < -0.39 is 0 Å². The summed E-state index contributed by atoms with van der Waals surface area (Å²) in [5.41, 5.74) is 7.74. The van der Waals surface area contributed by atoms with E-state index >= 15 is 0 Å². The van der Waals surface area contributed by atoms with Crippen LogP contribution in [0.2, 0.25) is 0 Å². The number of nitrogens with one attached hydrogen (secondary N) is 1. The molecule has 0 saturated carbocycles. The van der Waals surface area contributed by atoms with Gasteiger partial charge in [0.1, 0.15) is 11.6 Å². The highest BCUT2D eigenvalue weighted by Gasteiger charge is 2.12. The summed E-state index contributed by atoms with van der Waals surface area (Å²) in [7, 11) is 5.61. The van der Waals surface area contributed by atoms with E-state index in [0.717, 1.165) is 36.6 Å². The summed E-state index contributed by atoms with van der Waals surface area (Å²) in [5.74, 6) is 1.67. The number of nitrogens with two attached hydrogens (primary N) is 1. The fraction of sp³-hybridized carbons (Fsp3) is 0.538. The van der Waals surface area contributed by atoms with Gasteiger partial charge in [-0.3, -0.25) is 0 Å². The van der Waals surface area contributed by atoms with Crippen molar-refractivity contribution in [3.05, 3.63) is 18.0 Å². The number of aromatic nitrogens is 3. The minimum absolute atomic E-state index is 0.104. The number of fused-ring (bicyclic) bond motifs is 1. The molecule has 6 nitrogen and oxygen atoms in total. The fourth-order valence-corrected chi connectivity index (χ4v) is 1.91. The molecule has 2 aromatic rings. The van der Waals surface area contributed by atoms with Crippen LogP contribution in [-0.2, 0) is 4.74 Å². The molecule has 0 fully saturated rings. The molecule has 0 saturated heterocycles. The lowest BCUT2D eigenvalue weighted by Crippen LogP contribution is -2.12. The summed E-state index contributed by atoms with van der Waals surface area (Å²) in [6.45, 7) is 0.719. The van der Waals surface area contributed by atoms with Crippen LogP contribution in [0.3, 0.4) is 0 Å². The van der Waals surface area contributed by atoms with Crippen LogP contribution in [-0.4, -0.2) is 42.8 Å². The van der Waals surface area contributed by atoms with Crippen LogP contribution in [0, 0.1) is 0 Å². The second-order valence-electron chi connectivity index (χ2n) is 4.80. The molecule has 0 aliphatic heterocycles. The van der Waals surface area contributed by atoms with Crippen molar-refractivity contribution in [2.45, 2.75) is 18.9 Å². The van der Waals surface area contributed by atoms with Crippen LogP contribution in [0.1, 0.15) is 24.7 Å². The third kappa shape index (κ3) is 3.21. The van der Waals surface area contributed by atoms with Gasteiger partial charge in [-0.05, 0) is 25.0 Å². The van der Waals surface area contributed by atoms with Crippen molar-refractivity contribution in [2.24, 2.45) is 5.73 Å². The number of nitrogens with zero attached hydrogens (tertiary/aromatic N) is 3. The first kappa shape index (κ1) is 13.8. The third-order valence-corrected chi connectivity index (χ3v) is 3.02. The summed E-state index contributed by atoms with van der Waals surface area (Å²) in [6.07, 6.45) is 1.76. The van der Waals surface area contributed by atoms with E-state index in [1.807, 2.05) is 31.1 Å². The highest BCUT2D eigenvalue weighted by Crippen LogP contribution is 2.19. The van der Waals surface area contributed by atoms with Gasteiger partial charge in [0.2, 0.25) is 0 Å². The number of imidazole rings is 1. The van der Waals surface area contributed by atoms with Crippen molar-refractivity contribution in [3.63, 3.8) is 0 Å². The van der Waals surface area contributed by atoms with Crippen LogP contribution in [0.15, 0.2) is 12.1 Å². The van der Waals surface area contributed by atoms with Crippen molar-refractivity contribution in [3.8, 4) is 0 Å². The maximum atomic E-state index is 6.11. The first-order chi connectivity index (χ1) is 9.11. The highest BCUT2D eigenvalue weighted by atomic mass is 16.5. The van der Waals surface area contributed by atoms with Crippen molar-refractivity contribution in [2.75, 3.05) is 32.7 Å². The Morgan fingerprint density at radius 3 is 2.84 bits per heavy atom. The smallest absolute Gasteiger partial charge is 0.179 e. The molecule has 2 heterocycles. The third-order valence-electron chi connectivity index (χ3n) is 3.02. The van der Waals surface area contributed by atoms with E-state index in [1.165, 1.54) is 0 Å². The zero-order valence-corrected chi connectivity index (χ0v) is 11.7. The monoisotopic (exact) mass is 263 g/mol. The lowest BCUT2D eigenvalue weighted by Gasteiger charge is -2.09. The fourth-order valence-electron chi connectivity index (χ4n) is 1.91. The van der Waals surface area contributed by atoms with Gasteiger partial charge in [0.05, 0.1) is 11.6 Å². The molecule has 0 aliphatic rings. The SMILES string of the molecule is COCCCC(N)c1nc2nc(N(C)C)ccc2[nH]1. The molecule has 0 aromatic carbocycles. The van der Waals surface area contributed by atoms with E-state index in [9.17, 15) is 0 Å². The summed E-state index contributed by atoms with van der Waals surface area (Å²) in [6, 6.07) is 3.84. The minimum atomic E-state index is -0.104. The molecule has 104 valence electrons. The van der Waals surface area contributed by atoms with Gasteiger partial charge in [-0.15, -0.1) is 0 Å². The maximum Gasteiger partial charge on any atom is 0.179 e. The summed E-state index contributed by atoms with van der Waals surface area (Å²) in [4.78, 5) is 14.1. The van der Waals surface area contributed by atoms with Crippen LogP contribution >= 0.6 is 0 Å². The van der Waals surface area contributed by atoms with Crippen molar-refractivity contribution in [1.82, 2.24) is 15.0 Å². The second-order valence-corrected chi connectivity index (χ2v) is 4.80. The number of hydrogen-bond donors (Lipinski definition) is 2. The van der Waals surface area contributed by atoms with Gasteiger partial charge in [-0.1, -0.05) is 0 Å². The molecule has 6 heteroatoms. The van der Waals surface area contributed by atoms with Gasteiger partial charge in [0, 0.05) is 27.8 Å². The Hall–Kier alpha value is -1.66. The van der Waals surface area contributed by atoms with Crippen molar-refractivity contribution >= 4 is 17.0 Å². The lowest BCUT2D eigenvalue weighted by atomic mass is 10.1. The summed E-state index contributed by atoms with van der Waals surface area (Å²) in [5, 5.41) is 0. The molecule has 0 aliphatic carbocycles. The molecule has 1 atom stereocenters. The quantitative estimate of drug-likeness (QED) is 0.771. The number of methoxy groups -OCH3 is 1. The molecule has 3 N–H and O–H groups in total. The summed E-state index contributed by atoms with van der Waals surface area (Å²) >= 11 is 0. The number of hydrogen-bond acceptors (Lipinski definition) is 5. The highest BCUT2D eigenvalue weighted by molar-refractivity contribution is 5.73. The molecule has 0 bridgehead atoms. The Morgan fingerprint density at radius 2 is 2.16 bits per heavy atom. The molecule has 2 aromatic heterocycles. The van der Waals surface area contributed by atoms with E-state index in [-0.39, 0.29) is 6.04 Å². The van der Waals surface area contributed by atoms with Gasteiger partial charge < -0.3 is 20.4 Å². The molecular formula is C13H21N5O. The van der Waals surface area contributed by atoms with E-state index in [1.54, 1.807) is 7.11 Å². The molecule has 1 unspecified atom stereocenters. The lowest BCUT2D eigenvalue weighted by molar-refractivity contribution is 0.190. The number of rotatable bonds is 6. The normalized spacial score (nSPS) is 12.8. The number of ether oxygens (including phenoxy) is 1. The largest absolute Gasteiger partial charge is 0.385 e. The van der Waals surface area contributed by atoms with Gasteiger partial charge in [-0.25, -0.2) is 9.97 Å². The molecule has 0 spiro atoms. The van der Waals surface area contributed by atoms with Crippen molar-refractivity contribution < 1.29 is 4.74 Å². The van der Waals surface area contributed by atoms with Crippen LogP contribution in [0.5, 0.6) is 0 Å². The van der Waals surface area contributed by atoms with E-state index in [0.29, 0.717) is 5.65 Å². The maximum absolute atomic E-state index is 6.11. The summed E-state index contributed by atoms with van der Waals surface area (Å²) < 4.78 is 5.03. The topological polar surface area (TPSA) is 80.1 Å². The minimum Gasteiger partial charge on any atom is -0.385 e. The standard InChI is InChI=1S/C13H21N5O/c1-18(2)11-7-6-10-13(16-11)17-12(15-10)9(14)5-4-8-19-3/h6-7,9H,4-5,8,14H2,1-3H3,(H,15,16,17). The van der Waals surface area contributed by atoms with E-state index in [2.05, 4.69) is 15.0 Å². The van der Waals surface area contributed by atoms with Gasteiger partial charge in [0.25, 0.3) is 0 Å². The van der Waals surface area contributed by atoms with Crippen molar-refractivity contribution in [1.29, 1.82) is 0 Å². The number of anilines is 1. The van der Waals surface area contributed by atoms with Crippen LogP contribution < -0.4 is 10.6 Å². The Kier molecular flexibility index (Phi) is 4.34. The predicted molar refractivity (Wildman–Crippen MR) is 76.3 cm³/mol. The second kappa shape index (κ2) is 5.99. The Morgan fingerprint density at radius 1 is 1.37 bits per heavy atom. The Labute approximate surface area is 113 Å². The van der Waals surface area contributed by atoms with Crippen LogP contribution in [0.4, 0.5) is 5.82 Å². The predicted octanol–water partition coefficient (Wildman–Crippen LogP) is 1.45. The Balaban J connectivity index is 2.16. The zero-order valence-electron chi connectivity index (χ0n) is 11.7. The number of aromatic amines is 1.